The zero-order chi connectivity index (χ0) is 27.9. The van der Waals surface area contributed by atoms with Gasteiger partial charge in [-0.15, -0.1) is 0 Å². The molecule has 0 radical (unpaired) electrons. The number of ketones is 1. The predicted molar refractivity (Wildman–Crippen MR) is 151 cm³/mol. The largest absolute Gasteiger partial charge is 0.369 e. The predicted octanol–water partition coefficient (Wildman–Crippen LogP) is 2.51. The topological polar surface area (TPSA) is 126 Å². The van der Waals surface area contributed by atoms with Crippen molar-refractivity contribution in [2.75, 3.05) is 31.1 Å². The second-order valence-electron chi connectivity index (χ2n) is 9.65. The SMILES string of the molecule is NC(=O)C(=O)CC(NC(=O)c1cccnc1-n1ccc(CN2CCN(c3ccccc3)CC2)n1)c1ccccc1. The summed E-state index contributed by atoms with van der Waals surface area (Å²) in [6.07, 6.45) is 3.14. The number of nitrogens with one attached hydrogen (secondary N) is 1. The quantitative estimate of drug-likeness (QED) is 0.298. The van der Waals surface area contributed by atoms with Crippen LogP contribution in [0.3, 0.4) is 0 Å². The second kappa shape index (κ2) is 12.4. The Morgan fingerprint density at radius 3 is 2.27 bits per heavy atom. The minimum absolute atomic E-state index is 0.246. The monoisotopic (exact) mass is 537 g/mol. The summed E-state index contributed by atoms with van der Waals surface area (Å²) in [6.45, 7) is 4.41. The van der Waals surface area contributed by atoms with E-state index in [2.05, 4.69) is 44.4 Å². The van der Waals surface area contributed by atoms with E-state index in [0.29, 0.717) is 23.5 Å². The Balaban J connectivity index is 1.27. The first-order chi connectivity index (χ1) is 19.5. The molecule has 40 heavy (non-hydrogen) atoms. The lowest BCUT2D eigenvalue weighted by Crippen LogP contribution is -2.46. The van der Waals surface area contributed by atoms with Crippen molar-refractivity contribution in [2.24, 2.45) is 5.73 Å². The molecule has 0 aliphatic carbocycles. The zero-order valence-corrected chi connectivity index (χ0v) is 22.0. The van der Waals surface area contributed by atoms with E-state index in [4.69, 9.17) is 10.8 Å². The molecule has 10 nitrogen and oxygen atoms in total. The van der Waals surface area contributed by atoms with E-state index in [9.17, 15) is 14.4 Å². The fraction of sp³-hybridized carbons (Fsp3) is 0.233. The van der Waals surface area contributed by atoms with Crippen molar-refractivity contribution in [3.63, 3.8) is 0 Å². The molecule has 0 spiro atoms. The number of amides is 2. The number of nitrogens with zero attached hydrogens (tertiary/aromatic N) is 5. The van der Waals surface area contributed by atoms with Crippen molar-refractivity contribution in [3.05, 3.63) is 108 Å². The minimum atomic E-state index is -1.04. The van der Waals surface area contributed by atoms with Crippen LogP contribution < -0.4 is 16.0 Å². The summed E-state index contributed by atoms with van der Waals surface area (Å²) < 4.78 is 1.59. The summed E-state index contributed by atoms with van der Waals surface area (Å²) in [7, 11) is 0. The molecule has 4 aromatic rings. The number of hydrogen-bond acceptors (Lipinski definition) is 7. The first kappa shape index (κ1) is 26.8. The number of Topliss-reactive ketones (excluding diaryl/α,β-unsaturated/α-hetero) is 1. The molecule has 3 N–H and O–H groups in total. The number of hydrogen-bond donors (Lipinski definition) is 2. The molecule has 2 amide bonds. The number of rotatable bonds is 10. The fourth-order valence-corrected chi connectivity index (χ4v) is 4.81. The smallest absolute Gasteiger partial charge is 0.284 e. The number of piperazine rings is 1. The van der Waals surface area contributed by atoms with Crippen molar-refractivity contribution in [1.29, 1.82) is 0 Å². The molecule has 10 heteroatoms. The minimum Gasteiger partial charge on any atom is -0.369 e. The van der Waals surface area contributed by atoms with Crippen LogP contribution in [0.1, 0.15) is 34.1 Å². The third kappa shape index (κ3) is 6.41. The Hall–Kier alpha value is -4.83. The number of carbonyl (C=O) groups is 3. The van der Waals surface area contributed by atoms with E-state index in [1.54, 1.807) is 53.5 Å². The van der Waals surface area contributed by atoms with Crippen LogP contribution in [0.15, 0.2) is 91.3 Å². The third-order valence-electron chi connectivity index (χ3n) is 6.94. The molecule has 1 fully saturated rings. The van der Waals surface area contributed by atoms with Gasteiger partial charge in [0.25, 0.3) is 11.8 Å². The number of aromatic nitrogens is 3. The number of pyridine rings is 1. The number of para-hydroxylation sites is 1. The molecule has 3 heterocycles. The summed E-state index contributed by atoms with van der Waals surface area (Å²) in [4.78, 5) is 46.1. The Bertz CT molecular complexity index is 1460. The summed E-state index contributed by atoms with van der Waals surface area (Å²) in [5.41, 5.74) is 8.27. The summed E-state index contributed by atoms with van der Waals surface area (Å²) in [5.74, 6) is -1.87. The molecule has 1 aliphatic rings. The second-order valence-corrected chi connectivity index (χ2v) is 9.65. The number of benzene rings is 2. The van der Waals surface area contributed by atoms with E-state index >= 15 is 0 Å². The molecule has 1 unspecified atom stereocenters. The number of nitrogens with two attached hydrogens (primary N) is 1. The van der Waals surface area contributed by atoms with E-state index in [1.807, 2.05) is 18.2 Å². The van der Waals surface area contributed by atoms with Gasteiger partial charge in [-0.1, -0.05) is 48.5 Å². The van der Waals surface area contributed by atoms with Crippen molar-refractivity contribution >= 4 is 23.3 Å². The van der Waals surface area contributed by atoms with Gasteiger partial charge in [-0.3, -0.25) is 19.3 Å². The van der Waals surface area contributed by atoms with E-state index in [0.717, 1.165) is 31.9 Å². The maximum atomic E-state index is 13.4. The van der Waals surface area contributed by atoms with Gasteiger partial charge < -0.3 is 16.0 Å². The Morgan fingerprint density at radius 2 is 1.57 bits per heavy atom. The molecule has 1 aliphatic heterocycles. The van der Waals surface area contributed by atoms with Gasteiger partial charge in [0.2, 0.25) is 5.78 Å². The molecule has 2 aromatic carbocycles. The van der Waals surface area contributed by atoms with Gasteiger partial charge in [0.15, 0.2) is 5.82 Å². The van der Waals surface area contributed by atoms with Crippen molar-refractivity contribution < 1.29 is 14.4 Å². The normalized spacial score (nSPS) is 14.4. The van der Waals surface area contributed by atoms with Crippen molar-refractivity contribution in [2.45, 2.75) is 19.0 Å². The number of carbonyl (C=O) groups excluding carboxylic acids is 3. The van der Waals surface area contributed by atoms with Crippen LogP contribution in [-0.2, 0) is 16.1 Å². The van der Waals surface area contributed by atoms with Gasteiger partial charge >= 0.3 is 0 Å². The van der Waals surface area contributed by atoms with Crippen LogP contribution in [0.25, 0.3) is 5.82 Å². The first-order valence-corrected chi connectivity index (χ1v) is 13.2. The lowest BCUT2D eigenvalue weighted by Gasteiger charge is -2.35. The van der Waals surface area contributed by atoms with Gasteiger partial charge in [-0.2, -0.15) is 5.10 Å². The zero-order valence-electron chi connectivity index (χ0n) is 22.0. The molecule has 0 bridgehead atoms. The summed E-state index contributed by atoms with van der Waals surface area (Å²) in [5, 5.41) is 7.58. The van der Waals surface area contributed by atoms with Crippen LogP contribution in [0.5, 0.6) is 0 Å². The van der Waals surface area contributed by atoms with Gasteiger partial charge in [0, 0.05) is 57.2 Å². The maximum absolute atomic E-state index is 13.4. The molecule has 5 rings (SSSR count). The first-order valence-electron chi connectivity index (χ1n) is 13.2. The molecule has 1 saturated heterocycles. The molecule has 0 saturated carbocycles. The van der Waals surface area contributed by atoms with E-state index < -0.39 is 23.6 Å². The van der Waals surface area contributed by atoms with Crippen molar-refractivity contribution in [1.82, 2.24) is 25.0 Å². The van der Waals surface area contributed by atoms with Gasteiger partial charge in [-0.05, 0) is 35.9 Å². The lowest BCUT2D eigenvalue weighted by molar-refractivity contribution is -0.136. The molecule has 2 aromatic heterocycles. The van der Waals surface area contributed by atoms with Crippen molar-refractivity contribution in [3.8, 4) is 5.82 Å². The molecule has 1 atom stereocenters. The Labute approximate surface area is 232 Å². The molecular formula is C30H31N7O3. The maximum Gasteiger partial charge on any atom is 0.284 e. The van der Waals surface area contributed by atoms with Gasteiger partial charge in [0.05, 0.1) is 17.3 Å². The van der Waals surface area contributed by atoms with E-state index in [1.165, 1.54) is 5.69 Å². The Morgan fingerprint density at radius 1 is 0.875 bits per heavy atom. The highest BCUT2D eigenvalue weighted by Gasteiger charge is 2.24. The number of anilines is 1. The average Bonchev–Trinajstić information content (AvgIpc) is 3.46. The standard InChI is InChI=1S/C30H31N7O3/c31-28(39)27(38)20-26(22-8-3-1-4-9-22)33-30(40)25-12-7-14-32-29(25)37-15-13-23(34-37)21-35-16-18-36(19-17-35)24-10-5-2-6-11-24/h1-15,26H,16-21H2,(H2,31,39)(H,33,40). The average molecular weight is 538 g/mol. The number of primary amides is 1. The van der Waals surface area contributed by atoms with Crippen LogP contribution in [-0.4, -0.2) is 63.4 Å². The molecule has 204 valence electrons. The van der Waals surface area contributed by atoms with Crippen LogP contribution >= 0.6 is 0 Å². The van der Waals surface area contributed by atoms with Crippen LogP contribution in [0.4, 0.5) is 5.69 Å². The lowest BCUT2D eigenvalue weighted by atomic mass is 10.0. The highest BCUT2D eigenvalue weighted by atomic mass is 16.2. The van der Waals surface area contributed by atoms with Crippen LogP contribution in [0, 0.1) is 0 Å². The highest BCUT2D eigenvalue weighted by Crippen LogP contribution is 2.20. The van der Waals surface area contributed by atoms with E-state index in [-0.39, 0.29) is 6.42 Å². The third-order valence-corrected chi connectivity index (χ3v) is 6.94. The Kier molecular flexibility index (Phi) is 8.26. The fourth-order valence-electron chi connectivity index (χ4n) is 4.81. The highest BCUT2D eigenvalue weighted by molar-refractivity contribution is 6.35. The van der Waals surface area contributed by atoms with Gasteiger partial charge in [0.1, 0.15) is 0 Å². The molecular weight excluding hydrogens is 506 g/mol. The summed E-state index contributed by atoms with van der Waals surface area (Å²) >= 11 is 0. The van der Waals surface area contributed by atoms with Crippen LogP contribution in [0.2, 0.25) is 0 Å². The van der Waals surface area contributed by atoms with Gasteiger partial charge in [-0.25, -0.2) is 9.67 Å². The summed E-state index contributed by atoms with van der Waals surface area (Å²) in [6, 6.07) is 23.9.